The molecule has 0 bridgehead atoms. The Hall–Kier alpha value is -3.23. The third-order valence-electron chi connectivity index (χ3n) is 3.23. The van der Waals surface area contributed by atoms with Crippen molar-refractivity contribution in [1.82, 2.24) is 10.4 Å². The lowest BCUT2D eigenvalue weighted by Gasteiger charge is -2.09. The normalized spacial score (nSPS) is 11.8. The van der Waals surface area contributed by atoms with E-state index in [2.05, 4.69) is 15.5 Å². The van der Waals surface area contributed by atoms with Crippen LogP contribution < -0.4 is 10.2 Å². The number of Topliss-reactive ketones (excluding diaryl/α,β-unsaturated/α-hetero) is 1. The minimum absolute atomic E-state index is 0.0519. The monoisotopic (exact) mass is 365 g/mol. The van der Waals surface area contributed by atoms with Crippen LogP contribution in [-0.4, -0.2) is 35.7 Å². The Morgan fingerprint density at radius 1 is 1.19 bits per heavy atom. The lowest BCUT2D eigenvalue weighted by molar-refractivity contribution is -0.169. The number of alkyl halides is 3. The van der Waals surface area contributed by atoms with Gasteiger partial charge in [0.2, 0.25) is 5.78 Å². The highest BCUT2D eigenvalue weighted by Gasteiger charge is 2.39. The number of hydrazone groups is 1. The molecule has 0 atom stereocenters. The van der Waals surface area contributed by atoms with E-state index in [-0.39, 0.29) is 17.0 Å². The molecule has 9 heteroatoms. The summed E-state index contributed by atoms with van der Waals surface area (Å²) in [5.74, 6) is -2.23. The van der Waals surface area contributed by atoms with Crippen LogP contribution in [0.5, 0.6) is 5.75 Å². The molecular formula is C17H14F3N3O3. The number of ketones is 1. The van der Waals surface area contributed by atoms with E-state index in [1.807, 2.05) is 0 Å². The molecule has 2 rings (SSSR count). The molecule has 136 valence electrons. The Labute approximate surface area is 146 Å². The summed E-state index contributed by atoms with van der Waals surface area (Å²) in [6.45, 7) is 0. The fraction of sp³-hybridized carbons (Fsp3) is 0.176. The van der Waals surface area contributed by atoms with E-state index >= 15 is 0 Å². The summed E-state index contributed by atoms with van der Waals surface area (Å²) in [6, 6.07) is 10.6. The molecule has 2 aromatic rings. The van der Waals surface area contributed by atoms with E-state index in [4.69, 9.17) is 4.74 Å². The lowest BCUT2D eigenvalue weighted by atomic mass is 10.1. The van der Waals surface area contributed by atoms with Crippen molar-refractivity contribution in [3.63, 3.8) is 0 Å². The number of pyridine rings is 1. The second-order valence-electron chi connectivity index (χ2n) is 5.04. The van der Waals surface area contributed by atoms with Gasteiger partial charge in [0, 0.05) is 11.8 Å². The number of methoxy groups -OCH3 is 1. The lowest BCUT2D eigenvalue weighted by Crippen LogP contribution is -2.28. The SMILES string of the molecule is COc1cccc(C(=O)N/N=C(\CC(=O)C(F)(F)F)c2ccccn2)c1. The van der Waals surface area contributed by atoms with Gasteiger partial charge in [-0.05, 0) is 30.3 Å². The highest BCUT2D eigenvalue weighted by Crippen LogP contribution is 2.19. The third-order valence-corrected chi connectivity index (χ3v) is 3.23. The fourth-order valence-electron chi connectivity index (χ4n) is 1.92. The first-order valence-corrected chi connectivity index (χ1v) is 7.33. The van der Waals surface area contributed by atoms with Crippen LogP contribution in [0, 0.1) is 0 Å². The number of rotatable bonds is 6. The summed E-state index contributed by atoms with van der Waals surface area (Å²) < 4.78 is 42.6. The van der Waals surface area contributed by atoms with Gasteiger partial charge in [0.15, 0.2) is 0 Å². The number of amides is 1. The average Bonchev–Trinajstić information content (AvgIpc) is 2.64. The van der Waals surface area contributed by atoms with Gasteiger partial charge in [-0.25, -0.2) is 5.43 Å². The second kappa shape index (κ2) is 8.24. The molecule has 0 unspecified atom stereocenters. The zero-order valence-corrected chi connectivity index (χ0v) is 13.6. The summed E-state index contributed by atoms with van der Waals surface area (Å²) in [5, 5.41) is 3.67. The molecule has 0 spiro atoms. The van der Waals surface area contributed by atoms with Crippen LogP contribution >= 0.6 is 0 Å². The molecule has 0 aliphatic rings. The van der Waals surface area contributed by atoms with Crippen molar-refractivity contribution in [2.75, 3.05) is 7.11 Å². The predicted octanol–water partition coefficient (Wildman–Crippen LogP) is 2.75. The first-order chi connectivity index (χ1) is 12.3. The first kappa shape index (κ1) is 19.1. The number of nitrogens with zero attached hydrogens (tertiary/aromatic N) is 2. The standard InChI is InChI=1S/C17H14F3N3O3/c1-26-12-6-4-5-11(9-12)16(25)23-22-14(10-15(24)17(18,19)20)13-7-2-3-8-21-13/h2-9H,10H2,1H3,(H,23,25)/b22-14+. The molecule has 0 saturated carbocycles. The van der Waals surface area contributed by atoms with E-state index in [1.54, 1.807) is 18.2 Å². The molecule has 26 heavy (non-hydrogen) atoms. The van der Waals surface area contributed by atoms with Gasteiger partial charge in [0.25, 0.3) is 5.91 Å². The number of carbonyl (C=O) groups is 2. The Morgan fingerprint density at radius 2 is 1.96 bits per heavy atom. The molecule has 0 aliphatic carbocycles. The number of hydrogen-bond acceptors (Lipinski definition) is 5. The maximum Gasteiger partial charge on any atom is 0.450 e. The van der Waals surface area contributed by atoms with Gasteiger partial charge < -0.3 is 4.74 Å². The van der Waals surface area contributed by atoms with Crippen molar-refractivity contribution in [2.45, 2.75) is 12.6 Å². The Kier molecular flexibility index (Phi) is 6.05. The van der Waals surface area contributed by atoms with Crippen LogP contribution in [0.25, 0.3) is 0 Å². The van der Waals surface area contributed by atoms with Gasteiger partial charge in [0.05, 0.1) is 24.9 Å². The molecule has 1 amide bonds. The summed E-state index contributed by atoms with van der Waals surface area (Å²) in [7, 11) is 1.43. The number of benzene rings is 1. The van der Waals surface area contributed by atoms with Crippen molar-refractivity contribution >= 4 is 17.4 Å². The molecular weight excluding hydrogens is 351 g/mol. The quantitative estimate of drug-likeness (QED) is 0.631. The van der Waals surface area contributed by atoms with E-state index in [9.17, 15) is 22.8 Å². The zero-order chi connectivity index (χ0) is 19.2. The predicted molar refractivity (Wildman–Crippen MR) is 86.9 cm³/mol. The summed E-state index contributed by atoms with van der Waals surface area (Å²) >= 11 is 0. The third kappa shape index (κ3) is 5.13. The molecule has 1 N–H and O–H groups in total. The fourth-order valence-corrected chi connectivity index (χ4v) is 1.92. The van der Waals surface area contributed by atoms with Crippen molar-refractivity contribution in [1.29, 1.82) is 0 Å². The van der Waals surface area contributed by atoms with Crippen molar-refractivity contribution < 1.29 is 27.5 Å². The maximum atomic E-state index is 12.5. The van der Waals surface area contributed by atoms with Gasteiger partial charge in [-0.2, -0.15) is 18.3 Å². The van der Waals surface area contributed by atoms with Crippen molar-refractivity contribution in [3.8, 4) is 5.75 Å². The molecule has 6 nitrogen and oxygen atoms in total. The highest BCUT2D eigenvalue weighted by atomic mass is 19.4. The number of carbonyl (C=O) groups excluding carboxylic acids is 2. The molecule has 0 fully saturated rings. The summed E-state index contributed by atoms with van der Waals surface area (Å²) in [6.07, 6.45) is -4.71. The number of hydrogen-bond donors (Lipinski definition) is 1. The van der Waals surface area contributed by atoms with Gasteiger partial charge in [-0.3, -0.25) is 14.6 Å². The van der Waals surface area contributed by atoms with E-state index < -0.39 is 24.3 Å². The largest absolute Gasteiger partial charge is 0.497 e. The van der Waals surface area contributed by atoms with Crippen LogP contribution in [-0.2, 0) is 4.79 Å². The van der Waals surface area contributed by atoms with E-state index in [1.165, 1.54) is 37.6 Å². The molecule has 0 radical (unpaired) electrons. The molecule has 0 aliphatic heterocycles. The van der Waals surface area contributed by atoms with E-state index in [0.29, 0.717) is 5.75 Å². The molecule has 0 saturated heterocycles. The molecule has 1 aromatic heterocycles. The Morgan fingerprint density at radius 3 is 2.58 bits per heavy atom. The van der Waals surface area contributed by atoms with Crippen LogP contribution in [0.3, 0.4) is 0 Å². The van der Waals surface area contributed by atoms with Crippen LogP contribution in [0.2, 0.25) is 0 Å². The Bertz CT molecular complexity index is 821. The van der Waals surface area contributed by atoms with Crippen LogP contribution in [0.15, 0.2) is 53.8 Å². The van der Waals surface area contributed by atoms with Gasteiger partial charge in [-0.15, -0.1) is 0 Å². The first-order valence-electron chi connectivity index (χ1n) is 7.33. The van der Waals surface area contributed by atoms with Gasteiger partial charge in [-0.1, -0.05) is 12.1 Å². The van der Waals surface area contributed by atoms with Crippen molar-refractivity contribution in [3.05, 3.63) is 59.9 Å². The van der Waals surface area contributed by atoms with Gasteiger partial charge in [0.1, 0.15) is 5.75 Å². The minimum Gasteiger partial charge on any atom is -0.497 e. The van der Waals surface area contributed by atoms with Crippen LogP contribution in [0.4, 0.5) is 13.2 Å². The number of nitrogens with one attached hydrogen (secondary N) is 1. The highest BCUT2D eigenvalue weighted by molar-refractivity contribution is 6.11. The van der Waals surface area contributed by atoms with Crippen molar-refractivity contribution in [2.24, 2.45) is 5.10 Å². The average molecular weight is 365 g/mol. The molecule has 1 aromatic carbocycles. The second-order valence-corrected chi connectivity index (χ2v) is 5.04. The molecule has 1 heterocycles. The summed E-state index contributed by atoms with van der Waals surface area (Å²) in [5.41, 5.74) is 2.08. The zero-order valence-electron chi connectivity index (χ0n) is 13.6. The van der Waals surface area contributed by atoms with Gasteiger partial charge >= 0.3 is 6.18 Å². The van der Waals surface area contributed by atoms with Crippen LogP contribution in [0.1, 0.15) is 22.5 Å². The number of ether oxygens (including phenoxy) is 1. The Balaban J connectivity index is 2.24. The number of halogens is 3. The summed E-state index contributed by atoms with van der Waals surface area (Å²) in [4.78, 5) is 27.3. The topological polar surface area (TPSA) is 80.6 Å². The maximum absolute atomic E-state index is 12.5. The van der Waals surface area contributed by atoms with E-state index in [0.717, 1.165) is 0 Å². The smallest absolute Gasteiger partial charge is 0.450 e. The number of aromatic nitrogens is 1. The minimum atomic E-state index is -5.01.